The van der Waals surface area contributed by atoms with Crippen molar-refractivity contribution in [3.63, 3.8) is 0 Å². The molecule has 0 bridgehead atoms. The summed E-state index contributed by atoms with van der Waals surface area (Å²) >= 11 is 6.03. The SMILES string of the molecule is CC(F)(F)c1cccc(C(=O)N2CCC(c3cccc(Cl)c3)C2)c1. The molecule has 1 fully saturated rings. The fraction of sp³-hybridized carbons (Fsp3) is 0.316. The van der Waals surface area contributed by atoms with E-state index in [0.717, 1.165) is 18.9 Å². The van der Waals surface area contributed by atoms with E-state index in [0.29, 0.717) is 23.7 Å². The van der Waals surface area contributed by atoms with Gasteiger partial charge in [0.1, 0.15) is 0 Å². The van der Waals surface area contributed by atoms with Crippen LogP contribution in [0, 0.1) is 0 Å². The Morgan fingerprint density at radius 1 is 1.21 bits per heavy atom. The highest BCUT2D eigenvalue weighted by Gasteiger charge is 2.30. The molecule has 0 radical (unpaired) electrons. The number of alkyl halides is 2. The molecule has 0 aromatic heterocycles. The normalized spacial score (nSPS) is 18.0. The van der Waals surface area contributed by atoms with Crippen molar-refractivity contribution >= 4 is 17.5 Å². The van der Waals surface area contributed by atoms with Gasteiger partial charge in [-0.3, -0.25) is 4.79 Å². The Morgan fingerprint density at radius 2 is 1.96 bits per heavy atom. The molecule has 24 heavy (non-hydrogen) atoms. The Bertz CT molecular complexity index is 757. The predicted molar refractivity (Wildman–Crippen MR) is 90.7 cm³/mol. The maximum absolute atomic E-state index is 13.5. The third kappa shape index (κ3) is 3.59. The quantitative estimate of drug-likeness (QED) is 0.756. The summed E-state index contributed by atoms with van der Waals surface area (Å²) in [7, 11) is 0. The second-order valence-corrected chi connectivity index (χ2v) is 6.70. The number of hydrogen-bond acceptors (Lipinski definition) is 1. The number of carbonyl (C=O) groups excluding carboxylic acids is 1. The zero-order chi connectivity index (χ0) is 17.3. The third-order valence-corrected chi connectivity index (χ3v) is 4.65. The highest BCUT2D eigenvalue weighted by molar-refractivity contribution is 6.30. The Hall–Kier alpha value is -1.94. The summed E-state index contributed by atoms with van der Waals surface area (Å²) in [6.45, 7) is 2.02. The third-order valence-electron chi connectivity index (χ3n) is 4.41. The average Bonchev–Trinajstić information content (AvgIpc) is 3.03. The van der Waals surface area contributed by atoms with Gasteiger partial charge in [-0.2, -0.15) is 0 Å². The first kappa shape index (κ1) is 16.9. The second kappa shape index (κ2) is 6.52. The Kier molecular flexibility index (Phi) is 4.59. The molecule has 2 aromatic rings. The zero-order valence-electron chi connectivity index (χ0n) is 13.3. The molecule has 3 rings (SSSR count). The smallest absolute Gasteiger partial charge is 0.270 e. The van der Waals surface area contributed by atoms with Gasteiger partial charge < -0.3 is 4.90 Å². The number of halogens is 3. The minimum atomic E-state index is -2.95. The van der Waals surface area contributed by atoms with Gasteiger partial charge in [-0.05, 0) is 36.2 Å². The lowest BCUT2D eigenvalue weighted by atomic mass is 9.99. The van der Waals surface area contributed by atoms with E-state index in [1.165, 1.54) is 18.2 Å². The lowest BCUT2D eigenvalue weighted by molar-refractivity contribution is 0.0174. The maximum atomic E-state index is 13.5. The van der Waals surface area contributed by atoms with Crippen LogP contribution in [-0.4, -0.2) is 23.9 Å². The first-order valence-electron chi connectivity index (χ1n) is 7.88. The zero-order valence-corrected chi connectivity index (χ0v) is 14.1. The molecule has 1 amide bonds. The molecule has 0 N–H and O–H groups in total. The van der Waals surface area contributed by atoms with Crippen LogP contribution in [0.2, 0.25) is 5.02 Å². The van der Waals surface area contributed by atoms with Crippen LogP contribution >= 0.6 is 11.6 Å². The summed E-state index contributed by atoms with van der Waals surface area (Å²) in [5.41, 5.74) is 1.27. The number of amides is 1. The van der Waals surface area contributed by atoms with Crippen LogP contribution in [0.3, 0.4) is 0 Å². The van der Waals surface area contributed by atoms with Gasteiger partial charge in [0.25, 0.3) is 11.8 Å². The molecule has 5 heteroatoms. The molecular weight excluding hydrogens is 332 g/mol. The average molecular weight is 350 g/mol. The minimum Gasteiger partial charge on any atom is -0.338 e. The molecule has 1 aliphatic rings. The van der Waals surface area contributed by atoms with Gasteiger partial charge in [0.2, 0.25) is 0 Å². The fourth-order valence-corrected chi connectivity index (χ4v) is 3.28. The number of nitrogens with zero attached hydrogens (tertiary/aromatic N) is 1. The molecule has 1 saturated heterocycles. The van der Waals surface area contributed by atoms with E-state index in [1.807, 2.05) is 24.3 Å². The number of likely N-dealkylation sites (tertiary alicyclic amines) is 1. The van der Waals surface area contributed by atoms with Crippen LogP contribution in [0.15, 0.2) is 48.5 Å². The molecule has 0 saturated carbocycles. The van der Waals surface area contributed by atoms with Crippen LogP contribution in [-0.2, 0) is 5.92 Å². The number of carbonyl (C=O) groups is 1. The van der Waals surface area contributed by atoms with E-state index in [4.69, 9.17) is 11.6 Å². The summed E-state index contributed by atoms with van der Waals surface area (Å²) in [5, 5.41) is 0.676. The molecule has 2 aromatic carbocycles. The maximum Gasteiger partial charge on any atom is 0.270 e. The first-order chi connectivity index (χ1) is 11.3. The molecule has 126 valence electrons. The van der Waals surface area contributed by atoms with Crippen molar-refractivity contribution < 1.29 is 13.6 Å². The Labute approximate surface area is 145 Å². The first-order valence-corrected chi connectivity index (χ1v) is 8.25. The highest BCUT2D eigenvalue weighted by Crippen LogP contribution is 2.31. The van der Waals surface area contributed by atoms with E-state index >= 15 is 0 Å². The summed E-state index contributed by atoms with van der Waals surface area (Å²) < 4.78 is 26.9. The van der Waals surface area contributed by atoms with Crippen LogP contribution in [0.25, 0.3) is 0 Å². The summed E-state index contributed by atoms with van der Waals surface area (Å²) in [6.07, 6.45) is 0.843. The number of benzene rings is 2. The van der Waals surface area contributed by atoms with Gasteiger partial charge in [-0.1, -0.05) is 35.9 Å². The second-order valence-electron chi connectivity index (χ2n) is 6.26. The lowest BCUT2D eigenvalue weighted by Gasteiger charge is -2.18. The van der Waals surface area contributed by atoms with Crippen LogP contribution in [0.4, 0.5) is 8.78 Å². The van der Waals surface area contributed by atoms with Gasteiger partial charge >= 0.3 is 0 Å². The molecule has 0 aliphatic carbocycles. The van der Waals surface area contributed by atoms with Crippen LogP contribution in [0.1, 0.15) is 40.7 Å². The highest BCUT2D eigenvalue weighted by atomic mass is 35.5. The molecule has 2 nitrogen and oxygen atoms in total. The molecular formula is C19H18ClF2NO. The molecule has 0 spiro atoms. The van der Waals surface area contributed by atoms with Crippen molar-refractivity contribution in [2.24, 2.45) is 0 Å². The predicted octanol–water partition coefficient (Wildman–Crippen LogP) is 5.08. The Balaban J connectivity index is 1.75. The van der Waals surface area contributed by atoms with E-state index in [-0.39, 0.29) is 17.4 Å². The molecule has 1 aliphatic heterocycles. The van der Waals surface area contributed by atoms with Crippen LogP contribution < -0.4 is 0 Å². The van der Waals surface area contributed by atoms with Crippen molar-refractivity contribution in [1.82, 2.24) is 4.90 Å². The van der Waals surface area contributed by atoms with Gasteiger partial charge in [-0.15, -0.1) is 0 Å². The van der Waals surface area contributed by atoms with Crippen molar-refractivity contribution in [2.75, 3.05) is 13.1 Å². The van der Waals surface area contributed by atoms with E-state index in [1.54, 1.807) is 11.0 Å². The summed E-state index contributed by atoms with van der Waals surface area (Å²) in [4.78, 5) is 14.3. The Morgan fingerprint density at radius 3 is 2.67 bits per heavy atom. The van der Waals surface area contributed by atoms with E-state index in [2.05, 4.69) is 0 Å². The monoisotopic (exact) mass is 349 g/mol. The van der Waals surface area contributed by atoms with Gasteiger partial charge in [0.15, 0.2) is 0 Å². The largest absolute Gasteiger partial charge is 0.338 e. The summed E-state index contributed by atoms with van der Waals surface area (Å²) in [6, 6.07) is 13.4. The number of hydrogen-bond donors (Lipinski definition) is 0. The number of rotatable bonds is 3. The molecule has 1 atom stereocenters. The van der Waals surface area contributed by atoms with Crippen molar-refractivity contribution in [1.29, 1.82) is 0 Å². The lowest BCUT2D eigenvalue weighted by Crippen LogP contribution is -2.28. The molecule has 1 heterocycles. The minimum absolute atomic E-state index is 0.140. The van der Waals surface area contributed by atoms with E-state index < -0.39 is 5.92 Å². The van der Waals surface area contributed by atoms with Gasteiger partial charge in [0, 0.05) is 42.1 Å². The van der Waals surface area contributed by atoms with Gasteiger partial charge in [-0.25, -0.2) is 8.78 Å². The standard InChI is InChI=1S/C19H18ClF2NO/c1-19(21,22)16-6-2-5-14(10-16)18(24)23-9-8-15(12-23)13-4-3-7-17(20)11-13/h2-7,10-11,15H,8-9,12H2,1H3. The fourth-order valence-electron chi connectivity index (χ4n) is 3.09. The summed E-state index contributed by atoms with van der Waals surface area (Å²) in [5.74, 6) is -2.93. The van der Waals surface area contributed by atoms with Crippen molar-refractivity contribution in [3.8, 4) is 0 Å². The van der Waals surface area contributed by atoms with E-state index in [9.17, 15) is 13.6 Å². The van der Waals surface area contributed by atoms with Crippen molar-refractivity contribution in [2.45, 2.75) is 25.2 Å². The van der Waals surface area contributed by atoms with Gasteiger partial charge in [0.05, 0.1) is 0 Å². The van der Waals surface area contributed by atoms with Crippen molar-refractivity contribution in [3.05, 3.63) is 70.2 Å². The topological polar surface area (TPSA) is 20.3 Å². The molecule has 1 unspecified atom stereocenters. The van der Waals surface area contributed by atoms with Crippen LogP contribution in [0.5, 0.6) is 0 Å².